The Hall–Kier alpha value is 1.53. The van der Waals surface area contributed by atoms with Gasteiger partial charge in [0, 0.05) is 0 Å². The monoisotopic (exact) mass is 561 g/mol. The van der Waals surface area contributed by atoms with Gasteiger partial charge >= 0.3 is 65.2 Å². The first-order valence-corrected chi connectivity index (χ1v) is 13.4. The molecule has 0 spiro atoms. The molecule has 0 unspecified atom stereocenters. The molecule has 0 N–H and O–H groups in total. The Morgan fingerprint density at radius 2 is 1.15 bits per heavy atom. The number of halogens is 3. The molecular formula is C7H8FeI3O2-2. The summed E-state index contributed by atoms with van der Waals surface area (Å²) in [6.45, 7) is 6.50. The molecule has 0 heterocycles. The summed E-state index contributed by atoms with van der Waals surface area (Å²) in [5, 5.41) is 0. The van der Waals surface area contributed by atoms with Gasteiger partial charge in [-0.3, -0.25) is 13.6 Å². The van der Waals surface area contributed by atoms with Crippen LogP contribution in [0.1, 0.15) is 6.42 Å². The molecule has 0 saturated heterocycles. The van der Waals surface area contributed by atoms with Crippen molar-refractivity contribution in [1.82, 2.24) is 0 Å². The first-order chi connectivity index (χ1) is 6.23. The van der Waals surface area contributed by atoms with Crippen LogP contribution in [0, 0.1) is 0 Å². The van der Waals surface area contributed by atoms with Gasteiger partial charge in [-0.15, -0.1) is 0 Å². The van der Waals surface area contributed by atoms with E-state index in [0.717, 1.165) is 6.42 Å². The molecule has 13 heavy (non-hydrogen) atoms. The van der Waals surface area contributed by atoms with Crippen LogP contribution in [0.15, 0.2) is 24.3 Å². The van der Waals surface area contributed by atoms with E-state index < -0.39 is 0 Å². The van der Waals surface area contributed by atoms with Crippen LogP contribution in [0.2, 0.25) is 0 Å². The molecule has 0 aromatic rings. The van der Waals surface area contributed by atoms with E-state index in [-0.39, 0.29) is 4.15 Å². The average molecular weight is 561 g/mol. The van der Waals surface area contributed by atoms with Crippen molar-refractivity contribution in [3.05, 3.63) is 24.3 Å². The number of rotatable bonds is 0. The molecule has 6 heteroatoms. The van der Waals surface area contributed by atoms with Crippen molar-refractivity contribution in [2.45, 2.75) is 6.42 Å². The van der Waals surface area contributed by atoms with E-state index in [1.807, 2.05) is 0 Å². The summed E-state index contributed by atoms with van der Waals surface area (Å²) in [6, 6.07) is 0. The van der Waals surface area contributed by atoms with Crippen LogP contribution in [0.3, 0.4) is 0 Å². The third-order valence-corrected chi connectivity index (χ3v) is 0.655. The molecule has 0 bridgehead atoms. The van der Waals surface area contributed by atoms with E-state index in [1.54, 1.807) is 0 Å². The molecule has 0 atom stereocenters. The molecule has 0 aliphatic heterocycles. The van der Waals surface area contributed by atoms with Gasteiger partial charge in [-0.05, 0) is 6.42 Å². The molecule has 1 aliphatic rings. The normalized spacial score (nSPS) is 10.8. The molecule has 0 amide bonds. The summed E-state index contributed by atoms with van der Waals surface area (Å²) in [4.78, 5) is 15.5. The van der Waals surface area contributed by atoms with Gasteiger partial charge in [0.2, 0.25) is 0 Å². The van der Waals surface area contributed by atoms with Gasteiger partial charge in [-0.1, -0.05) is 24.3 Å². The van der Waals surface area contributed by atoms with Crippen LogP contribution in [0.4, 0.5) is 0 Å². The molecule has 0 fully saturated rings. The van der Waals surface area contributed by atoms with Crippen molar-refractivity contribution in [3.63, 3.8) is 0 Å². The standard InChI is InChI=1S/C5H6.2CHO.Fe.3HI/c1-2-4-5-3-1;2*1-2;;;;/h1-4H,5H2;2*1H;;3*1H/q;2*-1;+3;;;/p-3. The summed E-state index contributed by atoms with van der Waals surface area (Å²) >= 11 is 7.20. The number of hydrogen-bond acceptors (Lipinski definition) is 2. The second-order valence-corrected chi connectivity index (χ2v) is 29.2. The van der Waals surface area contributed by atoms with Crippen molar-refractivity contribution >= 4 is 74.6 Å². The Bertz CT molecular complexity index is 125. The molecule has 79 valence electrons. The van der Waals surface area contributed by atoms with E-state index in [2.05, 4.69) is 98.9 Å². The Kier molecular flexibility index (Phi) is 36.0. The first-order valence-electron chi connectivity index (χ1n) is 2.69. The first kappa shape index (κ1) is 20.0. The molecule has 0 aromatic heterocycles. The van der Waals surface area contributed by atoms with E-state index in [1.165, 1.54) is 0 Å². The van der Waals surface area contributed by atoms with Crippen LogP contribution in [-0.2, 0) is 13.7 Å². The van der Waals surface area contributed by atoms with Crippen LogP contribution in [0.5, 0.6) is 0 Å². The Balaban J connectivity index is -0.000000114. The van der Waals surface area contributed by atoms with Crippen LogP contribution >= 0.6 is 61.0 Å². The molecule has 0 radical (unpaired) electrons. The van der Waals surface area contributed by atoms with Gasteiger partial charge in [-0.25, -0.2) is 0 Å². The van der Waals surface area contributed by atoms with Gasteiger partial charge in [0.25, 0.3) is 0 Å². The second kappa shape index (κ2) is 23.4. The maximum atomic E-state index is 7.75. The van der Waals surface area contributed by atoms with Gasteiger partial charge in [0.05, 0.1) is 0 Å². The fourth-order valence-corrected chi connectivity index (χ4v) is 0.393. The van der Waals surface area contributed by atoms with Gasteiger partial charge in [0.1, 0.15) is 0 Å². The summed E-state index contributed by atoms with van der Waals surface area (Å²) in [6.07, 6.45) is 9.50. The van der Waals surface area contributed by atoms with Gasteiger partial charge in [0.15, 0.2) is 0 Å². The molecule has 1 aliphatic carbocycles. The van der Waals surface area contributed by atoms with E-state index in [4.69, 9.17) is 9.59 Å². The van der Waals surface area contributed by atoms with Crippen LogP contribution in [0.25, 0.3) is 0 Å². The summed E-state index contributed by atoms with van der Waals surface area (Å²) in [5.41, 5.74) is 0. The Labute approximate surface area is 117 Å². The predicted molar refractivity (Wildman–Crippen MR) is 78.5 cm³/mol. The van der Waals surface area contributed by atoms with Crippen molar-refractivity contribution in [2.24, 2.45) is 0 Å². The minimum atomic E-state index is 0.160. The summed E-state index contributed by atoms with van der Waals surface area (Å²) in [7, 11) is 0. The van der Waals surface area contributed by atoms with Crippen molar-refractivity contribution < 1.29 is 13.7 Å². The quantitative estimate of drug-likeness (QED) is 0.196. The fourth-order valence-electron chi connectivity index (χ4n) is 0.393. The summed E-state index contributed by atoms with van der Waals surface area (Å²) in [5.74, 6) is 0. The van der Waals surface area contributed by atoms with E-state index >= 15 is 0 Å². The zero-order valence-corrected chi connectivity index (χ0v) is 14.1. The van der Waals surface area contributed by atoms with Crippen molar-refractivity contribution in [3.8, 4) is 0 Å². The molecule has 1 rings (SSSR count). The average Bonchev–Trinajstić information content (AvgIpc) is 2.67. The number of carbonyl (C=O) groups excluding carboxylic acids is 2. The zero-order valence-electron chi connectivity index (χ0n) is 6.48. The Morgan fingerprint density at radius 3 is 1.23 bits per heavy atom. The third-order valence-electron chi connectivity index (χ3n) is 0.655. The van der Waals surface area contributed by atoms with E-state index in [0.29, 0.717) is 0 Å². The SMILES string of the molecule is C1=CCC=C1.[CH-]=O.[CH-]=O.[I][Fe]([I])[I]. The summed E-state index contributed by atoms with van der Waals surface area (Å²) < 4.78 is 0.160. The van der Waals surface area contributed by atoms with Gasteiger partial charge < -0.3 is 9.59 Å². The fraction of sp³-hybridized carbons (Fsp3) is 0.143. The minimum absolute atomic E-state index is 0.160. The molecular weight excluding hydrogens is 553 g/mol. The van der Waals surface area contributed by atoms with Crippen molar-refractivity contribution in [2.75, 3.05) is 0 Å². The zero-order chi connectivity index (χ0) is 11.1. The molecule has 0 aromatic carbocycles. The van der Waals surface area contributed by atoms with Crippen LogP contribution < -0.4 is 0 Å². The van der Waals surface area contributed by atoms with E-state index in [9.17, 15) is 0 Å². The molecule has 0 saturated carbocycles. The predicted octanol–water partition coefficient (Wildman–Crippen LogP) is 3.61. The van der Waals surface area contributed by atoms with Crippen LogP contribution in [-0.4, -0.2) is 13.6 Å². The molecule has 2 nitrogen and oxygen atoms in total. The Morgan fingerprint density at radius 1 is 0.923 bits per heavy atom. The van der Waals surface area contributed by atoms with Gasteiger partial charge in [-0.2, -0.15) is 0 Å². The second-order valence-electron chi connectivity index (χ2n) is 1.24. The third kappa shape index (κ3) is 42.2. The van der Waals surface area contributed by atoms with Crippen molar-refractivity contribution in [1.29, 1.82) is 0 Å². The number of hydrogen-bond donors (Lipinski definition) is 0. The maximum absolute atomic E-state index is 7.75. The number of allylic oxidation sites excluding steroid dienone is 4. The topological polar surface area (TPSA) is 34.1 Å².